The van der Waals surface area contributed by atoms with Gasteiger partial charge in [-0.1, -0.05) is 12.1 Å². The summed E-state index contributed by atoms with van der Waals surface area (Å²) < 4.78 is 6.08. The largest absolute Gasteiger partial charge is 0.485 e. The third-order valence-electron chi connectivity index (χ3n) is 6.02. The van der Waals surface area contributed by atoms with Crippen LogP contribution in [0.1, 0.15) is 19.3 Å². The highest BCUT2D eigenvalue weighted by Gasteiger charge is 2.64. The number of anilines is 1. The number of fused-ring (bicyclic) bond motifs is 6. The number of para-hydroxylation sites is 2. The molecule has 3 heteroatoms. The van der Waals surface area contributed by atoms with Crippen molar-refractivity contribution in [3.8, 4) is 5.75 Å². The zero-order valence-corrected chi connectivity index (χ0v) is 11.7. The van der Waals surface area contributed by atoms with Gasteiger partial charge >= 0.3 is 0 Å². The summed E-state index contributed by atoms with van der Waals surface area (Å²) >= 11 is 0. The van der Waals surface area contributed by atoms with E-state index in [4.69, 9.17) is 4.74 Å². The lowest BCUT2D eigenvalue weighted by Crippen LogP contribution is -2.41. The van der Waals surface area contributed by atoms with Gasteiger partial charge in [-0.25, -0.2) is 0 Å². The molecule has 5 unspecified atom stereocenters. The number of ether oxygens (including phenoxy) is 1. The van der Waals surface area contributed by atoms with Gasteiger partial charge in [0.2, 0.25) is 0 Å². The average Bonchev–Trinajstić information content (AvgIpc) is 2.88. The van der Waals surface area contributed by atoms with Gasteiger partial charge in [-0.15, -0.1) is 0 Å². The molecular weight excluding hydrogens is 248 g/mol. The molecule has 3 fully saturated rings. The lowest BCUT2D eigenvalue weighted by Gasteiger charge is -2.28. The fourth-order valence-corrected chi connectivity index (χ4v) is 5.14. The first-order chi connectivity index (χ1) is 9.90. The van der Waals surface area contributed by atoms with E-state index in [2.05, 4.69) is 28.8 Å². The molecule has 0 aromatic heterocycles. The number of benzene rings is 1. The van der Waals surface area contributed by atoms with E-state index in [0.717, 1.165) is 54.2 Å². The van der Waals surface area contributed by atoms with Crippen molar-refractivity contribution < 1.29 is 4.74 Å². The van der Waals surface area contributed by atoms with Crippen LogP contribution in [0.4, 0.5) is 5.69 Å². The Morgan fingerprint density at radius 2 is 1.95 bits per heavy atom. The topological polar surface area (TPSA) is 33.3 Å². The molecule has 2 bridgehead atoms. The van der Waals surface area contributed by atoms with Crippen LogP contribution in [-0.4, -0.2) is 25.2 Å². The van der Waals surface area contributed by atoms with Crippen LogP contribution in [0.15, 0.2) is 24.3 Å². The summed E-state index contributed by atoms with van der Waals surface area (Å²) in [6, 6.07) is 9.04. The number of hydrogen-bond donors (Lipinski definition) is 2. The summed E-state index contributed by atoms with van der Waals surface area (Å²) in [5.41, 5.74) is 1.13. The quantitative estimate of drug-likeness (QED) is 0.885. The van der Waals surface area contributed by atoms with E-state index in [9.17, 15) is 0 Å². The molecule has 0 amide bonds. The van der Waals surface area contributed by atoms with Crippen molar-refractivity contribution in [3.63, 3.8) is 0 Å². The normalized spacial score (nSPS) is 43.4. The molecule has 2 N–H and O–H groups in total. The van der Waals surface area contributed by atoms with E-state index >= 15 is 0 Å². The average molecular weight is 270 g/mol. The van der Waals surface area contributed by atoms with Crippen molar-refractivity contribution in [2.75, 3.05) is 18.4 Å². The second kappa shape index (κ2) is 4.14. The molecule has 0 spiro atoms. The molecule has 1 heterocycles. The SMILES string of the molecule is c1ccc2c(c1)NCC(CNC1C3C4CCC(C4)C13)O2. The van der Waals surface area contributed by atoms with Gasteiger partial charge < -0.3 is 15.4 Å². The molecule has 1 aliphatic heterocycles. The lowest BCUT2D eigenvalue weighted by atomic mass is 10.0. The van der Waals surface area contributed by atoms with Crippen LogP contribution in [0, 0.1) is 23.7 Å². The van der Waals surface area contributed by atoms with Crippen LogP contribution in [-0.2, 0) is 0 Å². The monoisotopic (exact) mass is 270 g/mol. The summed E-state index contributed by atoms with van der Waals surface area (Å²) in [4.78, 5) is 0. The molecule has 20 heavy (non-hydrogen) atoms. The van der Waals surface area contributed by atoms with Crippen LogP contribution >= 0.6 is 0 Å². The fourth-order valence-electron chi connectivity index (χ4n) is 5.14. The molecule has 3 aliphatic carbocycles. The molecule has 0 saturated heterocycles. The first-order valence-corrected chi connectivity index (χ1v) is 8.13. The Balaban J connectivity index is 1.19. The van der Waals surface area contributed by atoms with Crippen LogP contribution in [0.2, 0.25) is 0 Å². The molecule has 1 aromatic carbocycles. The van der Waals surface area contributed by atoms with Crippen LogP contribution in [0.5, 0.6) is 5.75 Å². The maximum atomic E-state index is 6.08. The predicted molar refractivity (Wildman–Crippen MR) is 78.9 cm³/mol. The van der Waals surface area contributed by atoms with E-state index in [1.54, 1.807) is 0 Å². The summed E-state index contributed by atoms with van der Waals surface area (Å²) in [6.45, 7) is 1.90. The Morgan fingerprint density at radius 1 is 1.15 bits per heavy atom. The highest BCUT2D eigenvalue weighted by Crippen LogP contribution is 2.65. The first-order valence-electron chi connectivity index (χ1n) is 8.13. The minimum absolute atomic E-state index is 0.267. The van der Waals surface area contributed by atoms with Gasteiger partial charge in [0.25, 0.3) is 0 Å². The number of rotatable bonds is 3. The van der Waals surface area contributed by atoms with Gasteiger partial charge in [0, 0.05) is 12.6 Å². The standard InChI is InChI=1S/C17H22N2O/c1-2-4-14-13(3-1)18-8-12(20-14)9-19-17-15-10-5-6-11(7-10)16(15)17/h1-4,10-12,15-19H,5-9H2. The lowest BCUT2D eigenvalue weighted by molar-refractivity contribution is 0.199. The van der Waals surface area contributed by atoms with E-state index in [1.807, 2.05) is 6.07 Å². The fraction of sp³-hybridized carbons (Fsp3) is 0.647. The van der Waals surface area contributed by atoms with Gasteiger partial charge in [0.05, 0.1) is 12.2 Å². The van der Waals surface area contributed by atoms with Crippen LogP contribution in [0.3, 0.4) is 0 Å². The molecule has 3 nitrogen and oxygen atoms in total. The second-order valence-electron chi connectivity index (χ2n) is 7.04. The summed E-state index contributed by atoms with van der Waals surface area (Å²) in [6.07, 6.45) is 4.80. The van der Waals surface area contributed by atoms with Crippen LogP contribution in [0.25, 0.3) is 0 Å². The second-order valence-corrected chi connectivity index (χ2v) is 7.04. The van der Waals surface area contributed by atoms with Crippen molar-refractivity contribution in [2.45, 2.75) is 31.4 Å². The number of nitrogens with one attached hydrogen (secondary N) is 2. The van der Waals surface area contributed by atoms with Crippen molar-refractivity contribution in [1.29, 1.82) is 0 Å². The highest BCUT2D eigenvalue weighted by atomic mass is 16.5. The van der Waals surface area contributed by atoms with Crippen molar-refractivity contribution in [2.24, 2.45) is 23.7 Å². The zero-order chi connectivity index (χ0) is 13.1. The minimum Gasteiger partial charge on any atom is -0.485 e. The Bertz CT molecular complexity index is 515. The summed E-state index contributed by atoms with van der Waals surface area (Å²) in [7, 11) is 0. The summed E-state index contributed by atoms with van der Waals surface area (Å²) in [5, 5.41) is 7.27. The Morgan fingerprint density at radius 3 is 2.80 bits per heavy atom. The van der Waals surface area contributed by atoms with E-state index in [1.165, 1.54) is 19.3 Å². The van der Waals surface area contributed by atoms with E-state index in [-0.39, 0.29) is 6.10 Å². The highest BCUT2D eigenvalue weighted by molar-refractivity contribution is 5.57. The Hall–Kier alpha value is -1.22. The maximum Gasteiger partial charge on any atom is 0.142 e. The van der Waals surface area contributed by atoms with Gasteiger partial charge in [0.1, 0.15) is 11.9 Å². The smallest absolute Gasteiger partial charge is 0.142 e. The Kier molecular flexibility index (Phi) is 2.37. The molecule has 1 aromatic rings. The van der Waals surface area contributed by atoms with Gasteiger partial charge in [-0.05, 0) is 55.1 Å². The molecule has 0 radical (unpaired) electrons. The van der Waals surface area contributed by atoms with Gasteiger partial charge in [-0.3, -0.25) is 0 Å². The van der Waals surface area contributed by atoms with Crippen molar-refractivity contribution >= 4 is 5.69 Å². The molecule has 5 atom stereocenters. The predicted octanol–water partition coefficient (Wildman–Crippen LogP) is 2.49. The van der Waals surface area contributed by atoms with Crippen molar-refractivity contribution in [1.82, 2.24) is 5.32 Å². The zero-order valence-electron chi connectivity index (χ0n) is 11.7. The van der Waals surface area contributed by atoms with Crippen molar-refractivity contribution in [3.05, 3.63) is 24.3 Å². The minimum atomic E-state index is 0.267. The molecule has 4 aliphatic rings. The number of hydrogen-bond acceptors (Lipinski definition) is 3. The summed E-state index contributed by atoms with van der Waals surface area (Å²) in [5.74, 6) is 5.12. The van der Waals surface area contributed by atoms with Gasteiger partial charge in [0.15, 0.2) is 0 Å². The van der Waals surface area contributed by atoms with E-state index < -0.39 is 0 Å². The Labute approximate surface area is 120 Å². The third-order valence-corrected chi connectivity index (χ3v) is 6.02. The molecule has 3 saturated carbocycles. The first kappa shape index (κ1) is 11.4. The van der Waals surface area contributed by atoms with Gasteiger partial charge in [-0.2, -0.15) is 0 Å². The molecular formula is C17H22N2O. The maximum absolute atomic E-state index is 6.08. The molecule has 5 rings (SSSR count). The third kappa shape index (κ3) is 1.62. The van der Waals surface area contributed by atoms with E-state index in [0.29, 0.717) is 0 Å². The van der Waals surface area contributed by atoms with Crippen LogP contribution < -0.4 is 15.4 Å². The molecule has 106 valence electrons.